The van der Waals surface area contributed by atoms with Crippen molar-refractivity contribution in [2.45, 2.75) is 105 Å². The Hall–Kier alpha value is -2.42. The van der Waals surface area contributed by atoms with Crippen molar-refractivity contribution in [2.24, 2.45) is 35.5 Å². The van der Waals surface area contributed by atoms with Crippen LogP contribution in [-0.4, -0.2) is 21.4 Å². The van der Waals surface area contributed by atoms with E-state index in [1.807, 2.05) is 0 Å². The Kier molecular flexibility index (Phi) is 6.58. The van der Waals surface area contributed by atoms with Crippen LogP contribution < -0.4 is 4.18 Å². The summed E-state index contributed by atoms with van der Waals surface area (Å²) in [7, 11) is -8.77. The predicted molar refractivity (Wildman–Crippen MR) is 171 cm³/mol. The van der Waals surface area contributed by atoms with Crippen LogP contribution in [0.1, 0.15) is 111 Å². The first-order valence-corrected chi connectivity index (χ1v) is 20.0. The summed E-state index contributed by atoms with van der Waals surface area (Å²) < 4.78 is 70.1. The number of hydrogen-bond acceptors (Lipinski definition) is 6. The van der Waals surface area contributed by atoms with Crippen molar-refractivity contribution in [1.82, 2.24) is 0 Å². The fraction of sp³-hybridized carbons (Fsp3) is 0.568. The van der Waals surface area contributed by atoms with E-state index >= 15 is 0 Å². The van der Waals surface area contributed by atoms with Gasteiger partial charge in [-0.25, -0.2) is 8.42 Å². The molecule has 6 fully saturated rings. The van der Waals surface area contributed by atoms with Crippen LogP contribution in [0.2, 0.25) is 0 Å². The van der Waals surface area contributed by atoms with Crippen molar-refractivity contribution in [3.05, 3.63) is 65.2 Å². The van der Waals surface area contributed by atoms with Crippen LogP contribution >= 0.6 is 0 Å². The molecular weight excluding hydrogens is 605 g/mol. The van der Waals surface area contributed by atoms with Gasteiger partial charge in [-0.3, -0.25) is 0 Å². The largest absolute Gasteiger partial charge is 0.744 e. The summed E-state index contributed by atoms with van der Waals surface area (Å²) in [5.74, 6) is 5.28. The Labute approximate surface area is 266 Å². The molecule has 3 aromatic rings. The molecule has 6 aliphatic carbocycles. The molecule has 6 nitrogen and oxygen atoms in total. The van der Waals surface area contributed by atoms with Crippen LogP contribution in [0.5, 0.6) is 5.75 Å². The highest BCUT2D eigenvalue weighted by atomic mass is 32.2. The minimum atomic E-state index is -4.59. The number of rotatable bonds is 7. The van der Waals surface area contributed by atoms with E-state index in [1.165, 1.54) is 88.0 Å². The van der Waals surface area contributed by atoms with Gasteiger partial charge in [-0.2, -0.15) is 8.42 Å². The monoisotopic (exact) mass is 645 g/mol. The molecule has 45 heavy (non-hydrogen) atoms. The topological polar surface area (TPSA) is 101 Å². The molecule has 9 atom stereocenters. The summed E-state index contributed by atoms with van der Waals surface area (Å²) in [5, 5.41) is 1.15. The van der Waals surface area contributed by atoms with Gasteiger partial charge in [-0.05, 0) is 163 Å². The zero-order chi connectivity index (χ0) is 30.7. The molecule has 0 aliphatic heterocycles. The van der Waals surface area contributed by atoms with Crippen LogP contribution in [0.25, 0.3) is 10.8 Å². The molecule has 0 saturated heterocycles. The first-order chi connectivity index (χ1) is 21.6. The molecule has 3 aromatic carbocycles. The zero-order valence-corrected chi connectivity index (χ0v) is 27.2. The van der Waals surface area contributed by atoms with Gasteiger partial charge in [0.15, 0.2) is 0 Å². The van der Waals surface area contributed by atoms with Crippen molar-refractivity contribution in [1.29, 1.82) is 0 Å². The molecule has 9 unspecified atom stereocenters. The Morgan fingerprint density at radius 1 is 0.578 bits per heavy atom. The van der Waals surface area contributed by atoms with Crippen LogP contribution in [0.4, 0.5) is 0 Å². The lowest BCUT2D eigenvalue weighted by atomic mass is 9.75. The fourth-order valence-electron chi connectivity index (χ4n) is 11.2. The molecule has 0 heterocycles. The molecule has 238 valence electrons. The molecule has 8 heteroatoms. The van der Waals surface area contributed by atoms with Crippen molar-refractivity contribution < 1.29 is 25.6 Å². The second kappa shape index (κ2) is 10.3. The second-order valence-corrected chi connectivity index (χ2v) is 18.4. The van der Waals surface area contributed by atoms with E-state index in [0.717, 1.165) is 35.8 Å². The van der Waals surface area contributed by atoms with Crippen LogP contribution in [0.3, 0.4) is 0 Å². The molecule has 6 aliphatic rings. The molecule has 0 spiro atoms. The maximum Gasteiger partial charge on any atom is 0.339 e. The Balaban J connectivity index is 1.17. The van der Waals surface area contributed by atoms with Crippen molar-refractivity contribution in [3.63, 3.8) is 0 Å². The van der Waals surface area contributed by atoms with E-state index in [1.54, 1.807) is 18.2 Å². The first kappa shape index (κ1) is 28.8. The lowest BCUT2D eigenvalue weighted by Gasteiger charge is -2.32. The SMILES string of the molecule is O=S(=O)([O-])c1ccc2cc(OS(=O)(=O)c3c(C4CC5CCC4C5)cc(C4CC5CCC4C5)cc3C3CC4CCC3C4)ccc2c1. The quantitative estimate of drug-likeness (QED) is 0.190. The van der Waals surface area contributed by atoms with Gasteiger partial charge in [0, 0.05) is 0 Å². The van der Waals surface area contributed by atoms with Gasteiger partial charge in [-0.15, -0.1) is 0 Å². The summed E-state index contributed by atoms with van der Waals surface area (Å²) >= 11 is 0. The minimum Gasteiger partial charge on any atom is -0.744 e. The molecule has 9 rings (SSSR count). The van der Waals surface area contributed by atoms with Crippen molar-refractivity contribution in [2.75, 3.05) is 0 Å². The number of hydrogen-bond donors (Lipinski definition) is 0. The Morgan fingerprint density at radius 3 is 1.58 bits per heavy atom. The van der Waals surface area contributed by atoms with Gasteiger partial charge in [0.05, 0.1) is 4.90 Å². The molecule has 0 aromatic heterocycles. The molecular formula is C37H41O6S2-. The zero-order valence-electron chi connectivity index (χ0n) is 25.6. The van der Waals surface area contributed by atoms with E-state index < -0.39 is 20.2 Å². The third-order valence-electron chi connectivity index (χ3n) is 13.1. The average Bonchev–Trinajstić information content (AvgIpc) is 3.87. The minimum absolute atomic E-state index is 0.204. The highest BCUT2D eigenvalue weighted by Gasteiger charge is 2.48. The lowest BCUT2D eigenvalue weighted by molar-refractivity contribution is 0.392. The Morgan fingerprint density at radius 2 is 1.09 bits per heavy atom. The van der Waals surface area contributed by atoms with E-state index in [2.05, 4.69) is 12.1 Å². The molecule has 6 bridgehead atoms. The van der Waals surface area contributed by atoms with Gasteiger partial charge < -0.3 is 8.74 Å². The fourth-order valence-corrected chi connectivity index (χ4v) is 13.2. The smallest absolute Gasteiger partial charge is 0.339 e. The summed E-state index contributed by atoms with van der Waals surface area (Å²) in [6.07, 6.45) is 14.7. The van der Waals surface area contributed by atoms with Gasteiger partial charge in [-0.1, -0.05) is 43.5 Å². The average molecular weight is 646 g/mol. The maximum atomic E-state index is 14.7. The molecule has 6 saturated carbocycles. The van der Waals surface area contributed by atoms with E-state index in [9.17, 15) is 21.4 Å². The molecule has 0 radical (unpaired) electrons. The van der Waals surface area contributed by atoms with E-state index in [0.29, 0.717) is 45.3 Å². The summed E-state index contributed by atoms with van der Waals surface area (Å²) in [6, 6.07) is 13.6. The standard InChI is InChI=1S/C37H42O6S2/c38-44(39,40)31-10-8-24-17-30(9-7-25(24)18-31)43-45(41,42)37-35(33-15-22-2-5-27(33)12-22)19-29(32-14-21-1-4-26(32)11-21)20-36(37)34-16-23-3-6-28(34)13-23/h7-10,17-23,26-28,32-34H,1-6,11-16H2,(H,38,39,40)/p-1. The first-order valence-electron chi connectivity index (χ1n) is 17.2. The van der Waals surface area contributed by atoms with E-state index in [-0.39, 0.29) is 22.5 Å². The molecule has 0 amide bonds. The summed E-state index contributed by atoms with van der Waals surface area (Å²) in [6.45, 7) is 0. The summed E-state index contributed by atoms with van der Waals surface area (Å²) in [5.41, 5.74) is 3.46. The van der Waals surface area contributed by atoms with Crippen molar-refractivity contribution >= 4 is 31.0 Å². The maximum absolute atomic E-state index is 14.7. The van der Waals surface area contributed by atoms with Crippen molar-refractivity contribution in [3.8, 4) is 5.75 Å². The number of fused-ring (bicyclic) bond motifs is 7. The van der Waals surface area contributed by atoms with E-state index in [4.69, 9.17) is 4.18 Å². The van der Waals surface area contributed by atoms with Crippen LogP contribution in [0, 0.1) is 35.5 Å². The third-order valence-corrected chi connectivity index (χ3v) is 15.4. The van der Waals surface area contributed by atoms with Crippen LogP contribution in [0.15, 0.2) is 58.3 Å². The highest BCUT2D eigenvalue weighted by molar-refractivity contribution is 7.87. The normalized spacial score (nSPS) is 35.2. The summed E-state index contributed by atoms with van der Waals surface area (Å²) in [4.78, 5) is 0.148. The highest BCUT2D eigenvalue weighted by Crippen LogP contribution is 2.60. The van der Waals surface area contributed by atoms with Crippen LogP contribution in [-0.2, 0) is 20.2 Å². The molecule has 0 N–H and O–H groups in total. The van der Waals surface area contributed by atoms with Gasteiger partial charge in [0.1, 0.15) is 20.8 Å². The predicted octanol–water partition coefficient (Wildman–Crippen LogP) is 8.22. The van der Waals surface area contributed by atoms with Gasteiger partial charge >= 0.3 is 10.1 Å². The van der Waals surface area contributed by atoms with Gasteiger partial charge in [0.2, 0.25) is 0 Å². The second-order valence-electron chi connectivity index (χ2n) is 15.5. The van der Waals surface area contributed by atoms with Gasteiger partial charge in [0.25, 0.3) is 0 Å². The lowest BCUT2D eigenvalue weighted by Crippen LogP contribution is -2.23. The number of benzene rings is 3. The Bertz CT molecular complexity index is 1870. The third kappa shape index (κ3) is 4.88.